The van der Waals surface area contributed by atoms with E-state index in [-0.39, 0.29) is 0 Å². The zero-order valence-corrected chi connectivity index (χ0v) is 9.20. The van der Waals surface area contributed by atoms with Gasteiger partial charge in [0.15, 0.2) is 5.78 Å². The van der Waals surface area contributed by atoms with Crippen molar-refractivity contribution in [1.82, 2.24) is 0 Å². The molecule has 0 saturated heterocycles. The van der Waals surface area contributed by atoms with Gasteiger partial charge in [0.2, 0.25) is 0 Å². The average molecular weight is 203 g/mol. The molecule has 0 fully saturated rings. The van der Waals surface area contributed by atoms with Crippen LogP contribution in [-0.4, -0.2) is 18.9 Å². The van der Waals surface area contributed by atoms with E-state index in [1.54, 1.807) is 0 Å². The molecule has 1 aliphatic rings. The number of Topliss-reactive ketones (excluding diaryl/α,β-unsaturated/α-hetero) is 1. The second-order valence-corrected chi connectivity index (χ2v) is 4.05. The first-order valence-electron chi connectivity index (χ1n) is 5.66. The van der Waals surface area contributed by atoms with Crippen LogP contribution in [-0.2, 0) is 11.2 Å². The molecule has 1 aromatic rings. The number of aryl methyl sites for hydroxylation is 1. The van der Waals surface area contributed by atoms with Gasteiger partial charge in [0.05, 0.1) is 6.54 Å². The highest BCUT2D eigenvalue weighted by Gasteiger charge is 2.17. The molecule has 0 amide bonds. The number of anilines is 1. The largest absolute Gasteiger partial charge is 0.364 e. The lowest BCUT2D eigenvalue weighted by molar-refractivity contribution is -0.117. The van der Waals surface area contributed by atoms with Crippen molar-refractivity contribution in [2.75, 3.05) is 18.0 Å². The Morgan fingerprint density at radius 2 is 2.20 bits per heavy atom. The predicted octanol–water partition coefficient (Wildman–Crippen LogP) is 2.42. The molecule has 0 bridgehead atoms. The fourth-order valence-corrected chi connectivity index (χ4v) is 2.10. The number of benzene rings is 1. The third-order valence-electron chi connectivity index (χ3n) is 2.97. The second kappa shape index (κ2) is 4.47. The molecule has 0 aliphatic carbocycles. The van der Waals surface area contributed by atoms with Gasteiger partial charge >= 0.3 is 0 Å². The fourth-order valence-electron chi connectivity index (χ4n) is 2.10. The smallest absolute Gasteiger partial charge is 0.151 e. The SMILES string of the molecule is CCC(=O)CN1CCCc2ccccc21. The first kappa shape index (κ1) is 10.2. The van der Waals surface area contributed by atoms with E-state index in [1.165, 1.54) is 11.3 Å². The lowest BCUT2D eigenvalue weighted by atomic mass is 10.0. The summed E-state index contributed by atoms with van der Waals surface area (Å²) < 4.78 is 0. The van der Waals surface area contributed by atoms with Crippen molar-refractivity contribution in [3.05, 3.63) is 29.8 Å². The molecule has 2 heteroatoms. The Labute approximate surface area is 90.9 Å². The highest BCUT2D eigenvalue weighted by atomic mass is 16.1. The molecule has 1 heterocycles. The van der Waals surface area contributed by atoms with Gasteiger partial charge in [0.1, 0.15) is 0 Å². The number of fused-ring (bicyclic) bond motifs is 1. The highest BCUT2D eigenvalue weighted by molar-refractivity contribution is 5.83. The van der Waals surface area contributed by atoms with E-state index in [4.69, 9.17) is 0 Å². The van der Waals surface area contributed by atoms with Crippen LogP contribution in [0.5, 0.6) is 0 Å². The van der Waals surface area contributed by atoms with Gasteiger partial charge in [-0.25, -0.2) is 0 Å². The van der Waals surface area contributed by atoms with Crippen molar-refractivity contribution in [3.63, 3.8) is 0 Å². The van der Waals surface area contributed by atoms with Crippen LogP contribution in [0.1, 0.15) is 25.3 Å². The fraction of sp³-hybridized carbons (Fsp3) is 0.462. The normalized spacial score (nSPS) is 14.9. The van der Waals surface area contributed by atoms with Gasteiger partial charge < -0.3 is 4.90 Å². The molecule has 0 saturated carbocycles. The zero-order chi connectivity index (χ0) is 10.7. The Bertz CT molecular complexity index is 359. The number of hydrogen-bond donors (Lipinski definition) is 0. The lowest BCUT2D eigenvalue weighted by Gasteiger charge is -2.30. The van der Waals surface area contributed by atoms with Crippen molar-refractivity contribution in [2.45, 2.75) is 26.2 Å². The van der Waals surface area contributed by atoms with E-state index in [9.17, 15) is 4.79 Å². The molecule has 1 aliphatic heterocycles. The van der Waals surface area contributed by atoms with Crippen LogP contribution < -0.4 is 4.90 Å². The minimum Gasteiger partial charge on any atom is -0.364 e. The summed E-state index contributed by atoms with van der Waals surface area (Å²) in [6.07, 6.45) is 2.94. The number of hydrogen-bond acceptors (Lipinski definition) is 2. The number of carbonyl (C=O) groups excluding carboxylic acids is 1. The summed E-state index contributed by atoms with van der Waals surface area (Å²) >= 11 is 0. The van der Waals surface area contributed by atoms with E-state index in [1.807, 2.05) is 13.0 Å². The standard InChI is InChI=1S/C13H17NO/c1-2-12(15)10-14-9-5-7-11-6-3-4-8-13(11)14/h3-4,6,8H,2,5,7,9-10H2,1H3. The Kier molecular flexibility index (Phi) is 3.05. The summed E-state index contributed by atoms with van der Waals surface area (Å²) in [5.74, 6) is 0.326. The van der Waals surface area contributed by atoms with Crippen molar-refractivity contribution in [1.29, 1.82) is 0 Å². The summed E-state index contributed by atoms with van der Waals surface area (Å²) in [6.45, 7) is 3.52. The van der Waals surface area contributed by atoms with E-state index in [0.717, 1.165) is 19.4 Å². The van der Waals surface area contributed by atoms with Crippen molar-refractivity contribution < 1.29 is 4.79 Å². The third-order valence-corrected chi connectivity index (χ3v) is 2.97. The van der Waals surface area contributed by atoms with Crippen LogP contribution >= 0.6 is 0 Å². The first-order valence-corrected chi connectivity index (χ1v) is 5.66. The first-order chi connectivity index (χ1) is 7.31. The summed E-state index contributed by atoms with van der Waals surface area (Å²) in [6, 6.07) is 8.41. The lowest BCUT2D eigenvalue weighted by Crippen LogP contribution is -2.33. The van der Waals surface area contributed by atoms with Gasteiger partial charge in [-0.05, 0) is 24.5 Å². The quantitative estimate of drug-likeness (QED) is 0.752. The molecule has 2 nitrogen and oxygen atoms in total. The van der Waals surface area contributed by atoms with Crippen molar-refractivity contribution in [3.8, 4) is 0 Å². The van der Waals surface area contributed by atoms with Crippen LogP contribution in [0.4, 0.5) is 5.69 Å². The van der Waals surface area contributed by atoms with E-state index in [0.29, 0.717) is 18.7 Å². The maximum Gasteiger partial charge on any atom is 0.151 e. The summed E-state index contributed by atoms with van der Waals surface area (Å²) in [4.78, 5) is 13.7. The van der Waals surface area contributed by atoms with Crippen molar-refractivity contribution >= 4 is 11.5 Å². The van der Waals surface area contributed by atoms with Gasteiger partial charge in [0, 0.05) is 18.7 Å². The molecule has 0 atom stereocenters. The molecular weight excluding hydrogens is 186 g/mol. The minimum absolute atomic E-state index is 0.326. The monoisotopic (exact) mass is 203 g/mol. The molecule has 80 valence electrons. The summed E-state index contributed by atoms with van der Waals surface area (Å²) in [5, 5.41) is 0. The molecule has 0 aromatic heterocycles. The molecular formula is C13H17NO. The molecule has 0 unspecified atom stereocenters. The maximum atomic E-state index is 11.4. The van der Waals surface area contributed by atoms with Gasteiger partial charge in [-0.2, -0.15) is 0 Å². The van der Waals surface area contributed by atoms with Gasteiger partial charge in [-0.3, -0.25) is 4.79 Å². The van der Waals surface area contributed by atoms with Gasteiger partial charge in [-0.15, -0.1) is 0 Å². The Morgan fingerprint density at radius 1 is 1.40 bits per heavy atom. The molecule has 2 rings (SSSR count). The molecule has 15 heavy (non-hydrogen) atoms. The zero-order valence-electron chi connectivity index (χ0n) is 9.20. The second-order valence-electron chi connectivity index (χ2n) is 4.05. The molecule has 0 N–H and O–H groups in total. The van der Waals surface area contributed by atoms with Crippen LogP contribution in [0.3, 0.4) is 0 Å². The van der Waals surface area contributed by atoms with Gasteiger partial charge in [-0.1, -0.05) is 25.1 Å². The summed E-state index contributed by atoms with van der Waals surface area (Å²) in [7, 11) is 0. The molecule has 0 radical (unpaired) electrons. The topological polar surface area (TPSA) is 20.3 Å². The van der Waals surface area contributed by atoms with E-state index in [2.05, 4.69) is 23.1 Å². The number of rotatable bonds is 3. The number of carbonyl (C=O) groups is 1. The summed E-state index contributed by atoms with van der Waals surface area (Å²) in [5.41, 5.74) is 2.64. The van der Waals surface area contributed by atoms with Crippen LogP contribution in [0, 0.1) is 0 Å². The Morgan fingerprint density at radius 3 is 3.00 bits per heavy atom. The van der Waals surface area contributed by atoms with E-state index < -0.39 is 0 Å². The van der Waals surface area contributed by atoms with Crippen LogP contribution in [0.15, 0.2) is 24.3 Å². The predicted molar refractivity (Wildman–Crippen MR) is 62.3 cm³/mol. The molecule has 0 spiro atoms. The highest BCUT2D eigenvalue weighted by Crippen LogP contribution is 2.26. The minimum atomic E-state index is 0.326. The average Bonchev–Trinajstić information content (AvgIpc) is 2.29. The Hall–Kier alpha value is -1.31. The number of ketones is 1. The van der Waals surface area contributed by atoms with Crippen LogP contribution in [0.2, 0.25) is 0 Å². The molecule has 1 aromatic carbocycles. The van der Waals surface area contributed by atoms with Crippen LogP contribution in [0.25, 0.3) is 0 Å². The van der Waals surface area contributed by atoms with E-state index >= 15 is 0 Å². The Balaban J connectivity index is 2.18. The number of nitrogens with zero attached hydrogens (tertiary/aromatic N) is 1. The maximum absolute atomic E-state index is 11.4. The number of para-hydroxylation sites is 1. The van der Waals surface area contributed by atoms with Crippen molar-refractivity contribution in [2.24, 2.45) is 0 Å². The van der Waals surface area contributed by atoms with Gasteiger partial charge in [0.25, 0.3) is 0 Å². The third kappa shape index (κ3) is 2.20.